The normalized spacial score (nSPS) is 24.0. The molecule has 0 radical (unpaired) electrons. The van der Waals surface area contributed by atoms with E-state index in [1.807, 2.05) is 11.8 Å². The van der Waals surface area contributed by atoms with Gasteiger partial charge in [0, 0.05) is 11.8 Å². The van der Waals surface area contributed by atoms with Crippen LogP contribution in [0.15, 0.2) is 0 Å². The van der Waals surface area contributed by atoms with Crippen molar-refractivity contribution in [1.82, 2.24) is 5.32 Å². The molecule has 0 bridgehead atoms. The van der Waals surface area contributed by atoms with Crippen molar-refractivity contribution in [2.24, 2.45) is 11.8 Å². The number of nitrogens with one attached hydrogen (secondary N) is 1. The number of aliphatic hydroxyl groups is 1. The molecule has 2 aliphatic rings. The van der Waals surface area contributed by atoms with Crippen molar-refractivity contribution in [2.45, 2.75) is 57.5 Å². The number of hydrogen-bond acceptors (Lipinski definition) is 3. The van der Waals surface area contributed by atoms with Crippen LogP contribution in [0.4, 0.5) is 0 Å². The van der Waals surface area contributed by atoms with Crippen LogP contribution in [0.25, 0.3) is 0 Å². The second kappa shape index (κ2) is 5.94. The lowest BCUT2D eigenvalue weighted by atomic mass is 9.96. The fourth-order valence-corrected chi connectivity index (χ4v) is 3.90. The molecule has 1 unspecified atom stereocenters. The standard InChI is InChI=1S/C14H27NOS/c1-11(2)7-8-17-10-14(9-16,12-3-4-12)15-13-5-6-13/h11-13,15-16H,3-10H2,1-2H3. The average Bonchev–Trinajstić information content (AvgIpc) is 3.14. The highest BCUT2D eigenvalue weighted by atomic mass is 32.2. The third-order valence-electron chi connectivity index (χ3n) is 3.91. The fourth-order valence-electron chi connectivity index (χ4n) is 2.34. The molecule has 3 heteroatoms. The Balaban J connectivity index is 1.77. The van der Waals surface area contributed by atoms with Gasteiger partial charge < -0.3 is 10.4 Å². The van der Waals surface area contributed by atoms with Gasteiger partial charge in [-0.3, -0.25) is 0 Å². The molecule has 2 rings (SSSR count). The quantitative estimate of drug-likeness (QED) is 0.623. The smallest absolute Gasteiger partial charge is 0.0624 e. The first-order valence-corrected chi connectivity index (χ1v) is 8.28. The van der Waals surface area contributed by atoms with E-state index < -0.39 is 0 Å². The van der Waals surface area contributed by atoms with Crippen LogP contribution in [0.1, 0.15) is 46.0 Å². The lowest BCUT2D eigenvalue weighted by molar-refractivity contribution is 0.157. The average molecular weight is 257 g/mol. The van der Waals surface area contributed by atoms with Gasteiger partial charge in [-0.15, -0.1) is 0 Å². The summed E-state index contributed by atoms with van der Waals surface area (Å²) in [6, 6.07) is 0.702. The topological polar surface area (TPSA) is 32.3 Å². The van der Waals surface area contributed by atoms with E-state index in [4.69, 9.17) is 0 Å². The maximum absolute atomic E-state index is 9.80. The maximum atomic E-state index is 9.80. The van der Waals surface area contributed by atoms with Gasteiger partial charge in [0.05, 0.1) is 12.1 Å². The van der Waals surface area contributed by atoms with E-state index in [2.05, 4.69) is 19.2 Å². The summed E-state index contributed by atoms with van der Waals surface area (Å²) in [5, 5.41) is 13.5. The van der Waals surface area contributed by atoms with Crippen LogP contribution in [0.3, 0.4) is 0 Å². The van der Waals surface area contributed by atoms with Crippen molar-refractivity contribution in [3.8, 4) is 0 Å². The Bertz CT molecular complexity index is 238. The summed E-state index contributed by atoms with van der Waals surface area (Å²) in [7, 11) is 0. The van der Waals surface area contributed by atoms with Gasteiger partial charge in [0.1, 0.15) is 0 Å². The van der Waals surface area contributed by atoms with Gasteiger partial charge in [-0.05, 0) is 49.7 Å². The summed E-state index contributed by atoms with van der Waals surface area (Å²) < 4.78 is 0. The van der Waals surface area contributed by atoms with Crippen LogP contribution in [0.2, 0.25) is 0 Å². The number of aliphatic hydroxyl groups excluding tert-OH is 1. The molecule has 1 atom stereocenters. The van der Waals surface area contributed by atoms with Crippen molar-refractivity contribution >= 4 is 11.8 Å². The zero-order chi connectivity index (χ0) is 12.3. The van der Waals surface area contributed by atoms with E-state index in [0.29, 0.717) is 12.6 Å². The lowest BCUT2D eigenvalue weighted by Crippen LogP contribution is -2.54. The van der Waals surface area contributed by atoms with E-state index in [1.54, 1.807) is 0 Å². The third-order valence-corrected chi connectivity index (χ3v) is 5.15. The molecule has 2 fully saturated rings. The molecule has 0 aromatic rings. The number of thioether (sulfide) groups is 1. The minimum Gasteiger partial charge on any atom is -0.394 e. The van der Waals surface area contributed by atoms with E-state index in [9.17, 15) is 5.11 Å². The Labute approximate surface area is 110 Å². The van der Waals surface area contributed by atoms with Crippen molar-refractivity contribution in [3.63, 3.8) is 0 Å². The molecular formula is C14H27NOS. The molecule has 100 valence electrons. The van der Waals surface area contributed by atoms with Gasteiger partial charge in [0.2, 0.25) is 0 Å². The number of rotatable bonds is 9. The summed E-state index contributed by atoms with van der Waals surface area (Å²) in [6.07, 6.45) is 6.53. The van der Waals surface area contributed by atoms with Gasteiger partial charge in [-0.1, -0.05) is 13.8 Å². The van der Waals surface area contributed by atoms with Gasteiger partial charge in [0.15, 0.2) is 0 Å². The summed E-state index contributed by atoms with van der Waals surface area (Å²) in [4.78, 5) is 0. The van der Waals surface area contributed by atoms with Crippen LogP contribution in [-0.4, -0.2) is 34.8 Å². The molecule has 0 saturated heterocycles. The van der Waals surface area contributed by atoms with Crippen LogP contribution < -0.4 is 5.32 Å². The summed E-state index contributed by atoms with van der Waals surface area (Å²) in [5.41, 5.74) is 0.0445. The fraction of sp³-hybridized carbons (Fsp3) is 1.00. The van der Waals surface area contributed by atoms with Gasteiger partial charge in [0.25, 0.3) is 0 Å². The number of hydrogen-bond donors (Lipinski definition) is 2. The Morgan fingerprint density at radius 3 is 2.47 bits per heavy atom. The van der Waals surface area contributed by atoms with E-state index in [0.717, 1.165) is 17.6 Å². The van der Waals surface area contributed by atoms with E-state index in [1.165, 1.54) is 37.9 Å². The zero-order valence-corrected chi connectivity index (χ0v) is 12.1. The Hall–Kier alpha value is 0.270. The Morgan fingerprint density at radius 1 is 1.29 bits per heavy atom. The third kappa shape index (κ3) is 4.15. The monoisotopic (exact) mass is 257 g/mol. The first-order valence-electron chi connectivity index (χ1n) is 7.12. The molecule has 0 heterocycles. The first kappa shape index (κ1) is 13.7. The van der Waals surface area contributed by atoms with E-state index in [-0.39, 0.29) is 5.54 Å². The van der Waals surface area contributed by atoms with Crippen molar-refractivity contribution in [3.05, 3.63) is 0 Å². The molecule has 0 amide bonds. The van der Waals surface area contributed by atoms with Crippen molar-refractivity contribution in [2.75, 3.05) is 18.1 Å². The highest BCUT2D eigenvalue weighted by Gasteiger charge is 2.46. The van der Waals surface area contributed by atoms with Crippen LogP contribution in [0, 0.1) is 11.8 Å². The van der Waals surface area contributed by atoms with Crippen molar-refractivity contribution < 1.29 is 5.11 Å². The molecule has 2 nitrogen and oxygen atoms in total. The van der Waals surface area contributed by atoms with Crippen LogP contribution in [0.5, 0.6) is 0 Å². The van der Waals surface area contributed by atoms with E-state index >= 15 is 0 Å². The molecule has 0 aliphatic heterocycles. The Morgan fingerprint density at radius 2 is 2.00 bits per heavy atom. The van der Waals surface area contributed by atoms with Gasteiger partial charge in [-0.25, -0.2) is 0 Å². The largest absolute Gasteiger partial charge is 0.394 e. The van der Waals surface area contributed by atoms with Gasteiger partial charge in [-0.2, -0.15) is 11.8 Å². The molecule has 2 saturated carbocycles. The first-order chi connectivity index (χ1) is 8.16. The van der Waals surface area contributed by atoms with Gasteiger partial charge >= 0.3 is 0 Å². The molecular weight excluding hydrogens is 230 g/mol. The minimum atomic E-state index is 0.0445. The highest BCUT2D eigenvalue weighted by molar-refractivity contribution is 7.99. The van der Waals surface area contributed by atoms with Crippen LogP contribution >= 0.6 is 11.8 Å². The molecule has 0 aromatic carbocycles. The van der Waals surface area contributed by atoms with Crippen LogP contribution in [-0.2, 0) is 0 Å². The second-order valence-corrected chi connectivity index (χ2v) is 7.35. The summed E-state index contributed by atoms with van der Waals surface area (Å²) >= 11 is 2.03. The predicted octanol–water partition coefficient (Wildman–Crippen LogP) is 2.66. The molecule has 0 aromatic heterocycles. The molecule has 0 spiro atoms. The summed E-state index contributed by atoms with van der Waals surface area (Å²) in [6.45, 7) is 4.88. The second-order valence-electron chi connectivity index (χ2n) is 6.24. The molecule has 2 aliphatic carbocycles. The predicted molar refractivity (Wildman–Crippen MR) is 75.5 cm³/mol. The lowest BCUT2D eigenvalue weighted by Gasteiger charge is -2.33. The highest BCUT2D eigenvalue weighted by Crippen LogP contribution is 2.43. The minimum absolute atomic E-state index is 0.0445. The van der Waals surface area contributed by atoms with Crippen molar-refractivity contribution in [1.29, 1.82) is 0 Å². The zero-order valence-electron chi connectivity index (χ0n) is 11.2. The maximum Gasteiger partial charge on any atom is 0.0624 e. The SMILES string of the molecule is CC(C)CCSCC(CO)(NC1CC1)C1CC1. The summed E-state index contributed by atoms with van der Waals surface area (Å²) in [5.74, 6) is 3.86. The molecule has 2 N–H and O–H groups in total. The Kier molecular flexibility index (Phi) is 4.79. The molecule has 17 heavy (non-hydrogen) atoms.